The SMILES string of the molecule is CNCCN1c2nc(OCC34COC(C3)C4)nc3c(F)c(-c4nc(N)cc(C)c4C(F)(F)F)c(Cl)c(c23)OCC2COCC21. The maximum atomic E-state index is 16.8. The van der Waals surface area contributed by atoms with Gasteiger partial charge in [0, 0.05) is 24.4 Å². The predicted octanol–water partition coefficient (Wildman–Crippen LogP) is 4.38. The number of halogens is 5. The molecule has 10 nitrogen and oxygen atoms in total. The van der Waals surface area contributed by atoms with Gasteiger partial charge in [0.25, 0.3) is 0 Å². The predicted molar refractivity (Wildman–Crippen MR) is 154 cm³/mol. The van der Waals surface area contributed by atoms with Gasteiger partial charge in [0.05, 0.1) is 72.4 Å². The molecule has 3 saturated heterocycles. The third-order valence-corrected chi connectivity index (χ3v) is 9.40. The lowest BCUT2D eigenvalue weighted by Crippen LogP contribution is -2.46. The monoisotopic (exact) mass is 638 g/mol. The molecule has 4 aliphatic heterocycles. The molecule has 8 rings (SSSR count). The normalized spacial score (nSPS) is 25.8. The van der Waals surface area contributed by atoms with Crippen molar-refractivity contribution < 1.29 is 36.5 Å². The van der Waals surface area contributed by atoms with Gasteiger partial charge in [-0.05, 0) is 38.4 Å². The molecule has 0 radical (unpaired) electrons. The summed E-state index contributed by atoms with van der Waals surface area (Å²) in [5.74, 6) is -1.22. The van der Waals surface area contributed by atoms with E-state index in [-0.39, 0.29) is 75.8 Å². The Labute approximate surface area is 255 Å². The molecule has 0 amide bonds. The van der Waals surface area contributed by atoms with Crippen LogP contribution in [0.5, 0.6) is 11.8 Å². The van der Waals surface area contributed by atoms with Gasteiger partial charge in [-0.25, -0.2) is 9.37 Å². The van der Waals surface area contributed by atoms with Crippen LogP contribution in [0.2, 0.25) is 5.02 Å². The summed E-state index contributed by atoms with van der Waals surface area (Å²) in [6.45, 7) is 3.93. The van der Waals surface area contributed by atoms with Crippen molar-refractivity contribution in [1.29, 1.82) is 0 Å². The highest BCUT2D eigenvalue weighted by Gasteiger charge is 2.52. The fourth-order valence-corrected chi connectivity index (χ4v) is 7.16. The maximum absolute atomic E-state index is 16.8. The smallest absolute Gasteiger partial charge is 0.418 e. The highest BCUT2D eigenvalue weighted by atomic mass is 35.5. The van der Waals surface area contributed by atoms with Gasteiger partial charge in [0.1, 0.15) is 17.2 Å². The lowest BCUT2D eigenvalue weighted by molar-refractivity contribution is -0.137. The number of nitrogen functional groups attached to an aromatic ring is 1. The molecule has 3 N–H and O–H groups in total. The Morgan fingerprint density at radius 1 is 1.20 bits per heavy atom. The van der Waals surface area contributed by atoms with Crippen LogP contribution < -0.4 is 25.4 Å². The van der Waals surface area contributed by atoms with Gasteiger partial charge in [0.2, 0.25) is 0 Å². The van der Waals surface area contributed by atoms with Gasteiger partial charge in [-0.2, -0.15) is 23.1 Å². The summed E-state index contributed by atoms with van der Waals surface area (Å²) in [4.78, 5) is 15.1. The number of aromatic nitrogens is 3. The number of rotatable bonds is 7. The average Bonchev–Trinajstić information content (AvgIpc) is 3.67. The number of likely N-dealkylation sites (N-methyl/N-ethyl adjacent to an activating group) is 1. The van der Waals surface area contributed by atoms with Gasteiger partial charge < -0.3 is 34.9 Å². The molecule has 5 aliphatic rings. The largest absolute Gasteiger partial charge is 0.491 e. The van der Waals surface area contributed by atoms with Crippen LogP contribution in [0.4, 0.5) is 29.2 Å². The summed E-state index contributed by atoms with van der Waals surface area (Å²) >= 11 is 6.82. The lowest BCUT2D eigenvalue weighted by atomic mass is 9.71. The molecule has 44 heavy (non-hydrogen) atoms. The number of anilines is 2. The average molecular weight is 639 g/mol. The molecular weight excluding hydrogens is 608 g/mol. The topological polar surface area (TPSA) is 117 Å². The van der Waals surface area contributed by atoms with Crippen molar-refractivity contribution in [2.45, 2.75) is 38.1 Å². The molecule has 2 bridgehead atoms. The second-order valence-electron chi connectivity index (χ2n) is 12.1. The fraction of sp³-hybridized carbons (Fsp3) is 0.552. The molecule has 15 heteroatoms. The van der Waals surface area contributed by atoms with E-state index >= 15 is 4.39 Å². The Kier molecular flexibility index (Phi) is 7.18. The highest BCUT2D eigenvalue weighted by Crippen LogP contribution is 2.52. The highest BCUT2D eigenvalue weighted by molar-refractivity contribution is 6.36. The van der Waals surface area contributed by atoms with E-state index in [0.29, 0.717) is 38.7 Å². The molecule has 1 saturated carbocycles. The van der Waals surface area contributed by atoms with Crippen LogP contribution in [-0.2, 0) is 15.7 Å². The number of benzene rings is 1. The van der Waals surface area contributed by atoms with Crippen molar-refractivity contribution >= 4 is 34.1 Å². The van der Waals surface area contributed by atoms with Crippen LogP contribution in [0.3, 0.4) is 0 Å². The first-order valence-corrected chi connectivity index (χ1v) is 14.8. The number of fused-ring (bicyclic) bond motifs is 2. The Morgan fingerprint density at radius 3 is 2.70 bits per heavy atom. The molecule has 1 aromatic carbocycles. The Balaban J connectivity index is 1.48. The van der Waals surface area contributed by atoms with Crippen LogP contribution in [0.15, 0.2) is 6.07 Å². The number of hydrogen-bond acceptors (Lipinski definition) is 10. The third-order valence-electron chi connectivity index (χ3n) is 9.03. The van der Waals surface area contributed by atoms with Crippen LogP contribution in [0, 0.1) is 24.1 Å². The third kappa shape index (κ3) is 4.77. The van der Waals surface area contributed by atoms with E-state index in [0.717, 1.165) is 18.9 Å². The molecule has 3 aromatic rings. The summed E-state index contributed by atoms with van der Waals surface area (Å²) in [5.41, 5.74) is 2.66. The Hall–Kier alpha value is -3.20. The molecule has 1 aliphatic carbocycles. The molecule has 4 fully saturated rings. The Bertz CT molecular complexity index is 1630. The lowest BCUT2D eigenvalue weighted by Gasteiger charge is -2.36. The minimum Gasteiger partial charge on any atom is -0.491 e. The first kappa shape index (κ1) is 29.5. The quantitative estimate of drug-likeness (QED) is 0.361. The first-order chi connectivity index (χ1) is 21.0. The van der Waals surface area contributed by atoms with E-state index in [1.807, 2.05) is 11.9 Å². The summed E-state index contributed by atoms with van der Waals surface area (Å²) in [5, 5.41) is 2.87. The molecule has 2 unspecified atom stereocenters. The van der Waals surface area contributed by atoms with E-state index < -0.39 is 28.8 Å². The minimum atomic E-state index is -4.88. The van der Waals surface area contributed by atoms with Gasteiger partial charge in [-0.1, -0.05) is 11.6 Å². The van der Waals surface area contributed by atoms with Crippen LogP contribution >= 0.6 is 11.6 Å². The number of ether oxygens (including phenoxy) is 4. The summed E-state index contributed by atoms with van der Waals surface area (Å²) in [7, 11) is 1.81. The van der Waals surface area contributed by atoms with Crippen molar-refractivity contribution in [1.82, 2.24) is 20.3 Å². The summed E-state index contributed by atoms with van der Waals surface area (Å²) in [6, 6.07) is 0.792. The summed E-state index contributed by atoms with van der Waals surface area (Å²) < 4.78 is 83.8. The molecule has 6 heterocycles. The van der Waals surface area contributed by atoms with E-state index in [4.69, 9.17) is 41.3 Å². The van der Waals surface area contributed by atoms with E-state index in [2.05, 4.69) is 15.3 Å². The number of nitrogens with one attached hydrogen (secondary N) is 1. The number of aryl methyl sites for hydroxylation is 1. The van der Waals surface area contributed by atoms with Crippen molar-refractivity contribution in [2.24, 2.45) is 11.3 Å². The van der Waals surface area contributed by atoms with Crippen molar-refractivity contribution in [3.63, 3.8) is 0 Å². The first-order valence-electron chi connectivity index (χ1n) is 14.4. The van der Waals surface area contributed by atoms with Gasteiger partial charge in [0.15, 0.2) is 11.6 Å². The molecule has 236 valence electrons. The number of nitrogens with two attached hydrogens (primary N) is 1. The molecule has 2 aromatic heterocycles. The standard InChI is InChI=1S/C29H31ClF4N6O4/c1-13-5-17(35)37-23(20(13)29(32,33)34)18-21(30)25-19-24(22(18)31)38-27(44-12-28-6-15(7-28)43-11-28)39-26(19)40(4-3-36-2)16-10-41-8-14(16)9-42-25/h5,14-16,36H,3-4,6-12H2,1-2H3,(H2,35,37). The van der Waals surface area contributed by atoms with E-state index in [1.54, 1.807) is 0 Å². The zero-order valence-corrected chi connectivity index (χ0v) is 24.8. The number of nitrogens with zero attached hydrogens (tertiary/aromatic N) is 4. The van der Waals surface area contributed by atoms with E-state index in [9.17, 15) is 13.2 Å². The van der Waals surface area contributed by atoms with Crippen LogP contribution in [0.25, 0.3) is 22.2 Å². The van der Waals surface area contributed by atoms with Crippen molar-refractivity contribution in [3.8, 4) is 23.0 Å². The zero-order valence-electron chi connectivity index (χ0n) is 24.1. The second-order valence-corrected chi connectivity index (χ2v) is 12.5. The fourth-order valence-electron chi connectivity index (χ4n) is 6.84. The molecule has 2 atom stereocenters. The van der Waals surface area contributed by atoms with Crippen molar-refractivity contribution in [2.75, 3.05) is 63.8 Å². The van der Waals surface area contributed by atoms with E-state index in [1.165, 1.54) is 6.92 Å². The maximum Gasteiger partial charge on any atom is 0.418 e. The molecular formula is C29H31ClF4N6O4. The minimum absolute atomic E-state index is 0.0425. The number of hydrogen-bond donors (Lipinski definition) is 2. The molecule has 0 spiro atoms. The van der Waals surface area contributed by atoms with Gasteiger partial charge >= 0.3 is 12.2 Å². The second kappa shape index (κ2) is 10.7. The Morgan fingerprint density at radius 2 is 2.00 bits per heavy atom. The van der Waals surface area contributed by atoms with Gasteiger partial charge in [-0.15, -0.1) is 0 Å². The van der Waals surface area contributed by atoms with Crippen molar-refractivity contribution in [3.05, 3.63) is 28.0 Å². The van der Waals surface area contributed by atoms with Crippen LogP contribution in [0.1, 0.15) is 24.0 Å². The van der Waals surface area contributed by atoms with Gasteiger partial charge in [-0.3, -0.25) is 0 Å². The summed E-state index contributed by atoms with van der Waals surface area (Å²) in [6.07, 6.45) is -2.99. The number of alkyl halides is 3. The zero-order chi connectivity index (χ0) is 31.0. The van der Waals surface area contributed by atoms with Crippen LogP contribution in [-0.4, -0.2) is 80.3 Å². The number of pyridine rings is 1.